The van der Waals surface area contributed by atoms with E-state index in [1.807, 2.05) is 0 Å². The highest BCUT2D eigenvalue weighted by Crippen LogP contribution is 2.33. The first-order valence-corrected chi connectivity index (χ1v) is 9.31. The molecule has 0 aliphatic rings. The number of sulfonamides is 1. The number of alkyl halides is 3. The van der Waals surface area contributed by atoms with Crippen LogP contribution >= 0.6 is 0 Å². The number of halogens is 3. The van der Waals surface area contributed by atoms with Gasteiger partial charge in [-0.1, -0.05) is 18.2 Å². The molecular formula is C18H21F3N2O2S. The molecular weight excluding hydrogens is 365 g/mol. The van der Waals surface area contributed by atoms with Crippen molar-refractivity contribution >= 4 is 15.7 Å². The molecule has 1 N–H and O–H groups in total. The fourth-order valence-corrected chi connectivity index (χ4v) is 3.53. The van der Waals surface area contributed by atoms with Crippen LogP contribution in [0.25, 0.3) is 0 Å². The summed E-state index contributed by atoms with van der Waals surface area (Å²) in [5.74, 6) is 0. The molecule has 0 fully saturated rings. The molecule has 0 amide bonds. The maximum absolute atomic E-state index is 13.1. The second kappa shape index (κ2) is 7.28. The van der Waals surface area contributed by atoms with Crippen LogP contribution in [0.15, 0.2) is 41.3 Å². The Bertz CT molecular complexity index is 907. The number of nitrogens with one attached hydrogen (secondary N) is 1. The molecule has 0 atom stereocenters. The van der Waals surface area contributed by atoms with Crippen LogP contribution < -0.4 is 5.32 Å². The second-order valence-electron chi connectivity index (χ2n) is 6.21. The molecule has 8 heteroatoms. The molecule has 2 aromatic rings. The number of hydrogen-bond donors (Lipinski definition) is 1. The topological polar surface area (TPSA) is 49.4 Å². The molecule has 2 rings (SSSR count). The molecule has 0 heterocycles. The van der Waals surface area contributed by atoms with Gasteiger partial charge in [-0.3, -0.25) is 0 Å². The minimum Gasteiger partial charge on any atom is -0.381 e. The van der Waals surface area contributed by atoms with E-state index in [1.165, 1.54) is 38.4 Å². The maximum atomic E-state index is 13.1. The van der Waals surface area contributed by atoms with E-state index in [4.69, 9.17) is 0 Å². The first-order chi connectivity index (χ1) is 11.9. The van der Waals surface area contributed by atoms with Crippen molar-refractivity contribution in [2.75, 3.05) is 19.4 Å². The summed E-state index contributed by atoms with van der Waals surface area (Å²) in [7, 11) is -0.784. The third-order valence-corrected chi connectivity index (χ3v) is 6.00. The predicted octanol–water partition coefficient (Wildman–Crippen LogP) is 4.18. The third kappa shape index (κ3) is 4.19. The molecule has 26 heavy (non-hydrogen) atoms. The van der Waals surface area contributed by atoms with Crippen LogP contribution in [-0.4, -0.2) is 26.8 Å². The number of anilines is 1. The lowest BCUT2D eigenvalue weighted by Crippen LogP contribution is -2.22. The normalized spacial score (nSPS) is 12.5. The highest BCUT2D eigenvalue weighted by Gasteiger charge is 2.32. The Balaban J connectivity index is 2.39. The molecule has 142 valence electrons. The zero-order valence-electron chi connectivity index (χ0n) is 15.0. The Labute approximate surface area is 151 Å². The summed E-state index contributed by atoms with van der Waals surface area (Å²) in [6.45, 7) is 3.49. The van der Waals surface area contributed by atoms with Gasteiger partial charge in [-0.15, -0.1) is 0 Å². The fraction of sp³-hybridized carbons (Fsp3) is 0.333. The summed E-state index contributed by atoms with van der Waals surface area (Å²) < 4.78 is 65.2. The summed E-state index contributed by atoms with van der Waals surface area (Å²) in [4.78, 5) is 0.0946. The molecule has 0 aliphatic heterocycles. The van der Waals surface area contributed by atoms with E-state index < -0.39 is 21.8 Å². The van der Waals surface area contributed by atoms with Gasteiger partial charge in [-0.05, 0) is 48.7 Å². The quantitative estimate of drug-likeness (QED) is 0.839. The van der Waals surface area contributed by atoms with Crippen molar-refractivity contribution in [2.24, 2.45) is 0 Å². The lowest BCUT2D eigenvalue weighted by atomic mass is 10.1. The van der Waals surface area contributed by atoms with Gasteiger partial charge >= 0.3 is 6.18 Å². The lowest BCUT2D eigenvalue weighted by molar-refractivity contribution is -0.138. The van der Waals surface area contributed by atoms with Crippen LogP contribution in [-0.2, 0) is 22.7 Å². The van der Waals surface area contributed by atoms with E-state index in [-0.39, 0.29) is 17.0 Å². The van der Waals surface area contributed by atoms with Gasteiger partial charge < -0.3 is 5.32 Å². The lowest BCUT2D eigenvalue weighted by Gasteiger charge is -2.18. The number of nitrogens with zero attached hydrogens (tertiary/aromatic N) is 1. The van der Waals surface area contributed by atoms with Crippen molar-refractivity contribution in [3.63, 3.8) is 0 Å². The van der Waals surface area contributed by atoms with Gasteiger partial charge in [0.2, 0.25) is 10.0 Å². The SMILES string of the molecule is Cc1cc(S(=O)(=O)N(C)C)cc(NCc2ccccc2C(F)(F)F)c1C. The Morgan fingerprint density at radius 2 is 1.69 bits per heavy atom. The van der Waals surface area contributed by atoms with Gasteiger partial charge in [-0.2, -0.15) is 13.2 Å². The van der Waals surface area contributed by atoms with E-state index in [9.17, 15) is 21.6 Å². The molecule has 0 radical (unpaired) electrons. The van der Waals surface area contributed by atoms with Gasteiger partial charge in [0.25, 0.3) is 0 Å². The summed E-state index contributed by atoms with van der Waals surface area (Å²) in [6, 6.07) is 8.32. The summed E-state index contributed by atoms with van der Waals surface area (Å²) in [5, 5.41) is 2.95. The second-order valence-corrected chi connectivity index (χ2v) is 8.36. The van der Waals surface area contributed by atoms with Crippen LogP contribution in [0.2, 0.25) is 0 Å². The summed E-state index contributed by atoms with van der Waals surface area (Å²) >= 11 is 0. The smallest absolute Gasteiger partial charge is 0.381 e. The predicted molar refractivity (Wildman–Crippen MR) is 95.6 cm³/mol. The molecule has 0 spiro atoms. The van der Waals surface area contributed by atoms with E-state index in [0.29, 0.717) is 5.69 Å². The van der Waals surface area contributed by atoms with Crippen molar-refractivity contribution in [3.8, 4) is 0 Å². The van der Waals surface area contributed by atoms with Gasteiger partial charge in [0.15, 0.2) is 0 Å². The largest absolute Gasteiger partial charge is 0.416 e. The van der Waals surface area contributed by atoms with Crippen LogP contribution in [0, 0.1) is 13.8 Å². The van der Waals surface area contributed by atoms with E-state index in [1.54, 1.807) is 19.9 Å². The monoisotopic (exact) mass is 386 g/mol. The third-order valence-electron chi connectivity index (χ3n) is 4.21. The molecule has 0 aliphatic carbocycles. The van der Waals surface area contributed by atoms with Crippen molar-refractivity contribution in [1.29, 1.82) is 0 Å². The minimum absolute atomic E-state index is 0.0680. The van der Waals surface area contributed by atoms with Crippen molar-refractivity contribution in [2.45, 2.75) is 31.5 Å². The number of hydrogen-bond acceptors (Lipinski definition) is 3. The number of rotatable bonds is 5. The first kappa shape index (κ1) is 20.3. The van der Waals surface area contributed by atoms with Gasteiger partial charge in [0.1, 0.15) is 0 Å². The molecule has 0 unspecified atom stereocenters. The average Bonchev–Trinajstić information content (AvgIpc) is 2.55. The standard InChI is InChI=1S/C18H21F3N2O2S/c1-12-9-15(26(24,25)23(3)4)10-17(13(12)2)22-11-14-7-5-6-8-16(14)18(19,20)21/h5-10,22H,11H2,1-4H3. The Kier molecular flexibility index (Phi) is 5.67. The Hall–Kier alpha value is -2.06. The molecule has 0 saturated carbocycles. The summed E-state index contributed by atoms with van der Waals surface area (Å²) in [5.41, 5.74) is 1.39. The zero-order chi connectivity index (χ0) is 19.7. The van der Waals surface area contributed by atoms with Crippen LogP contribution in [0.4, 0.5) is 18.9 Å². The zero-order valence-corrected chi connectivity index (χ0v) is 15.8. The highest BCUT2D eigenvalue weighted by atomic mass is 32.2. The van der Waals surface area contributed by atoms with E-state index in [2.05, 4.69) is 5.32 Å². The van der Waals surface area contributed by atoms with Crippen molar-refractivity contribution in [1.82, 2.24) is 4.31 Å². The molecule has 4 nitrogen and oxygen atoms in total. The van der Waals surface area contributed by atoms with Crippen LogP contribution in [0.1, 0.15) is 22.3 Å². The number of benzene rings is 2. The van der Waals surface area contributed by atoms with Crippen LogP contribution in [0.5, 0.6) is 0 Å². The maximum Gasteiger partial charge on any atom is 0.416 e. The van der Waals surface area contributed by atoms with E-state index >= 15 is 0 Å². The molecule has 0 saturated heterocycles. The molecule has 2 aromatic carbocycles. The van der Waals surface area contributed by atoms with Crippen molar-refractivity contribution in [3.05, 3.63) is 58.7 Å². The van der Waals surface area contributed by atoms with E-state index in [0.717, 1.165) is 21.5 Å². The van der Waals surface area contributed by atoms with Crippen molar-refractivity contribution < 1.29 is 21.6 Å². The summed E-state index contributed by atoms with van der Waals surface area (Å²) in [6.07, 6.45) is -4.45. The van der Waals surface area contributed by atoms with Gasteiger partial charge in [-0.25, -0.2) is 12.7 Å². The van der Waals surface area contributed by atoms with Crippen LogP contribution in [0.3, 0.4) is 0 Å². The highest BCUT2D eigenvalue weighted by molar-refractivity contribution is 7.89. The Morgan fingerprint density at radius 1 is 1.08 bits per heavy atom. The Morgan fingerprint density at radius 3 is 2.27 bits per heavy atom. The molecule has 0 aromatic heterocycles. The molecule has 0 bridgehead atoms. The average molecular weight is 386 g/mol. The fourth-order valence-electron chi connectivity index (χ4n) is 2.51. The minimum atomic E-state index is -4.45. The number of aryl methyl sites for hydroxylation is 1. The van der Waals surface area contributed by atoms with Gasteiger partial charge in [0.05, 0.1) is 10.5 Å². The van der Waals surface area contributed by atoms with Gasteiger partial charge in [0, 0.05) is 26.3 Å². The first-order valence-electron chi connectivity index (χ1n) is 7.87.